The fraction of sp³-hybridized carbons (Fsp3) is 0.222. The molecule has 1 rings (SSSR count). The molecule has 0 aliphatic carbocycles. The number of thioether (sulfide) groups is 1. The predicted molar refractivity (Wildman–Crippen MR) is 56.9 cm³/mol. The normalized spacial score (nSPS) is 9.83. The van der Waals surface area contributed by atoms with Crippen LogP contribution in [0.1, 0.15) is 10.4 Å². The number of hydrogen-bond donors (Lipinski definition) is 0. The summed E-state index contributed by atoms with van der Waals surface area (Å²) in [6.45, 7) is 0. The Bertz CT molecular complexity index is 268. The molecular weight excluding hydrogens is 236 g/mol. The van der Waals surface area contributed by atoms with Crippen LogP contribution in [0.3, 0.4) is 0 Å². The van der Waals surface area contributed by atoms with Crippen LogP contribution in [-0.4, -0.2) is 17.8 Å². The molecule has 0 N–H and O–H groups in total. The van der Waals surface area contributed by atoms with Gasteiger partial charge in [0.15, 0.2) is 5.78 Å². The van der Waals surface area contributed by atoms with E-state index in [0.717, 1.165) is 10.0 Å². The third-order valence-electron chi connectivity index (χ3n) is 1.44. The molecule has 1 aromatic rings. The van der Waals surface area contributed by atoms with Gasteiger partial charge in [-0.2, -0.15) is 11.8 Å². The predicted octanol–water partition coefficient (Wildman–Crippen LogP) is 2.99. The fourth-order valence-corrected chi connectivity index (χ4v) is 1.54. The van der Waals surface area contributed by atoms with Gasteiger partial charge < -0.3 is 0 Å². The molecule has 0 amide bonds. The van der Waals surface area contributed by atoms with E-state index in [1.165, 1.54) is 0 Å². The van der Waals surface area contributed by atoms with Gasteiger partial charge in [0.1, 0.15) is 0 Å². The summed E-state index contributed by atoms with van der Waals surface area (Å²) in [6, 6.07) is 7.44. The Balaban J connectivity index is 2.75. The highest BCUT2D eigenvalue weighted by atomic mass is 79.9. The molecule has 1 aromatic carbocycles. The molecule has 0 aromatic heterocycles. The van der Waals surface area contributed by atoms with E-state index >= 15 is 0 Å². The monoisotopic (exact) mass is 244 g/mol. The summed E-state index contributed by atoms with van der Waals surface area (Å²) in [6.07, 6.45) is 1.93. The maximum atomic E-state index is 11.3. The van der Waals surface area contributed by atoms with Gasteiger partial charge in [-0.25, -0.2) is 0 Å². The molecule has 0 radical (unpaired) electrons. The molecule has 3 heteroatoms. The number of halogens is 1. The number of hydrogen-bond acceptors (Lipinski definition) is 2. The van der Waals surface area contributed by atoms with E-state index in [2.05, 4.69) is 15.9 Å². The van der Waals surface area contributed by atoms with E-state index in [9.17, 15) is 4.79 Å². The number of Topliss-reactive ketones (excluding diaryl/α,β-unsaturated/α-hetero) is 1. The molecule has 0 saturated heterocycles. The number of benzene rings is 1. The molecule has 64 valence electrons. The summed E-state index contributed by atoms with van der Waals surface area (Å²) in [5.74, 6) is 0.747. The van der Waals surface area contributed by atoms with Crippen LogP contribution < -0.4 is 0 Å². The summed E-state index contributed by atoms with van der Waals surface area (Å²) in [4.78, 5) is 11.3. The molecule has 0 heterocycles. The highest BCUT2D eigenvalue weighted by molar-refractivity contribution is 9.10. The van der Waals surface area contributed by atoms with Gasteiger partial charge in [0.25, 0.3) is 0 Å². The lowest BCUT2D eigenvalue weighted by atomic mass is 10.2. The van der Waals surface area contributed by atoms with Crippen LogP contribution in [0.25, 0.3) is 0 Å². The van der Waals surface area contributed by atoms with Gasteiger partial charge in [0.2, 0.25) is 0 Å². The molecule has 0 aliphatic rings. The average molecular weight is 245 g/mol. The Morgan fingerprint density at radius 3 is 2.50 bits per heavy atom. The van der Waals surface area contributed by atoms with Crippen molar-refractivity contribution in [1.29, 1.82) is 0 Å². The number of ketones is 1. The van der Waals surface area contributed by atoms with Gasteiger partial charge in [-0.15, -0.1) is 0 Å². The maximum Gasteiger partial charge on any atom is 0.172 e. The van der Waals surface area contributed by atoms with Crippen LogP contribution in [-0.2, 0) is 0 Å². The maximum absolute atomic E-state index is 11.3. The smallest absolute Gasteiger partial charge is 0.172 e. The van der Waals surface area contributed by atoms with E-state index in [4.69, 9.17) is 0 Å². The molecule has 0 aliphatic heterocycles. The van der Waals surface area contributed by atoms with Gasteiger partial charge in [-0.1, -0.05) is 28.1 Å². The van der Waals surface area contributed by atoms with E-state index in [-0.39, 0.29) is 5.78 Å². The van der Waals surface area contributed by atoms with Crippen molar-refractivity contribution in [3.8, 4) is 0 Å². The van der Waals surface area contributed by atoms with Crippen molar-refractivity contribution in [2.24, 2.45) is 0 Å². The molecule has 0 fully saturated rings. The third-order valence-corrected chi connectivity index (χ3v) is 2.52. The standard InChI is InChI=1S/C9H9BrOS/c1-12-6-9(11)7-2-4-8(10)5-3-7/h2-5H,6H2,1H3. The molecular formula is C9H9BrOS. The number of rotatable bonds is 3. The zero-order valence-corrected chi connectivity index (χ0v) is 9.11. The SMILES string of the molecule is CSCC(=O)c1ccc(Br)cc1. The lowest BCUT2D eigenvalue weighted by molar-refractivity contribution is 0.102. The van der Waals surface area contributed by atoms with E-state index in [1.807, 2.05) is 30.5 Å². The summed E-state index contributed by atoms with van der Waals surface area (Å²) in [7, 11) is 0. The van der Waals surface area contributed by atoms with Crippen molar-refractivity contribution in [2.45, 2.75) is 0 Å². The Morgan fingerprint density at radius 2 is 2.00 bits per heavy atom. The first-order valence-electron chi connectivity index (χ1n) is 3.51. The first-order valence-corrected chi connectivity index (χ1v) is 5.70. The fourth-order valence-electron chi connectivity index (χ4n) is 0.850. The van der Waals surface area contributed by atoms with Gasteiger partial charge in [0.05, 0.1) is 5.75 Å². The molecule has 1 nitrogen and oxygen atoms in total. The Kier molecular flexibility index (Phi) is 3.82. The quantitative estimate of drug-likeness (QED) is 0.761. The van der Waals surface area contributed by atoms with E-state index < -0.39 is 0 Å². The number of carbonyl (C=O) groups is 1. The van der Waals surface area contributed by atoms with Gasteiger partial charge >= 0.3 is 0 Å². The summed E-state index contributed by atoms with van der Waals surface area (Å²) >= 11 is 4.86. The van der Waals surface area contributed by atoms with Gasteiger partial charge in [0, 0.05) is 10.0 Å². The first kappa shape index (κ1) is 9.81. The first-order chi connectivity index (χ1) is 5.74. The second kappa shape index (κ2) is 4.67. The molecule has 0 saturated carbocycles. The van der Waals surface area contributed by atoms with Crippen molar-refractivity contribution < 1.29 is 4.79 Å². The lowest BCUT2D eigenvalue weighted by Crippen LogP contribution is -2.00. The van der Waals surface area contributed by atoms with Crippen LogP contribution in [0, 0.1) is 0 Å². The van der Waals surface area contributed by atoms with Crippen molar-refractivity contribution in [3.05, 3.63) is 34.3 Å². The minimum absolute atomic E-state index is 0.190. The Hall–Kier alpha value is -0.280. The van der Waals surface area contributed by atoms with Crippen LogP contribution in [0.15, 0.2) is 28.7 Å². The summed E-state index contributed by atoms with van der Waals surface area (Å²) in [5.41, 5.74) is 0.785. The molecule has 12 heavy (non-hydrogen) atoms. The second-order valence-corrected chi connectivity index (χ2v) is 4.14. The van der Waals surface area contributed by atoms with Crippen molar-refractivity contribution in [3.63, 3.8) is 0 Å². The highest BCUT2D eigenvalue weighted by Crippen LogP contribution is 2.11. The molecule has 0 spiro atoms. The molecule has 0 bridgehead atoms. The van der Waals surface area contributed by atoms with Crippen molar-refractivity contribution >= 4 is 33.5 Å². The van der Waals surface area contributed by atoms with Crippen molar-refractivity contribution in [2.75, 3.05) is 12.0 Å². The van der Waals surface area contributed by atoms with Crippen LogP contribution in [0.5, 0.6) is 0 Å². The van der Waals surface area contributed by atoms with Crippen LogP contribution in [0.2, 0.25) is 0 Å². The zero-order chi connectivity index (χ0) is 8.97. The summed E-state index contributed by atoms with van der Waals surface area (Å²) in [5, 5.41) is 0. The lowest BCUT2D eigenvalue weighted by Gasteiger charge is -1.97. The van der Waals surface area contributed by atoms with Crippen molar-refractivity contribution in [1.82, 2.24) is 0 Å². The van der Waals surface area contributed by atoms with Crippen LogP contribution >= 0.6 is 27.7 Å². The second-order valence-electron chi connectivity index (χ2n) is 2.36. The average Bonchev–Trinajstić information content (AvgIpc) is 2.06. The summed E-state index contributed by atoms with van der Waals surface area (Å²) < 4.78 is 1.00. The highest BCUT2D eigenvalue weighted by Gasteiger charge is 2.02. The topological polar surface area (TPSA) is 17.1 Å². The molecule has 0 unspecified atom stereocenters. The molecule has 0 atom stereocenters. The number of carbonyl (C=O) groups excluding carboxylic acids is 1. The van der Waals surface area contributed by atoms with E-state index in [1.54, 1.807) is 11.8 Å². The zero-order valence-electron chi connectivity index (χ0n) is 6.71. The third kappa shape index (κ3) is 2.64. The van der Waals surface area contributed by atoms with E-state index in [0.29, 0.717) is 5.75 Å². The minimum atomic E-state index is 0.190. The minimum Gasteiger partial charge on any atom is -0.293 e. The Morgan fingerprint density at radius 1 is 1.42 bits per heavy atom. The van der Waals surface area contributed by atoms with Crippen LogP contribution in [0.4, 0.5) is 0 Å². The van der Waals surface area contributed by atoms with Gasteiger partial charge in [-0.3, -0.25) is 4.79 Å². The largest absolute Gasteiger partial charge is 0.293 e. The van der Waals surface area contributed by atoms with Gasteiger partial charge in [-0.05, 0) is 18.4 Å². The Labute approximate surface area is 84.7 Å².